The first kappa shape index (κ1) is 18.7. The van der Waals surface area contributed by atoms with Gasteiger partial charge in [0.2, 0.25) is 0 Å². The third-order valence-corrected chi connectivity index (χ3v) is 4.78. The maximum atomic E-state index is 12.7. The van der Waals surface area contributed by atoms with Crippen LogP contribution in [0.4, 0.5) is 4.79 Å². The molecule has 0 bridgehead atoms. The van der Waals surface area contributed by atoms with E-state index in [4.69, 9.17) is 8.92 Å². The normalized spacial score (nSPS) is 18.0. The van der Waals surface area contributed by atoms with Crippen molar-refractivity contribution in [3.8, 4) is 0 Å². The van der Waals surface area contributed by atoms with E-state index < -0.39 is 27.9 Å². The van der Waals surface area contributed by atoms with Crippen LogP contribution in [0.2, 0.25) is 0 Å². The monoisotopic (exact) mass is 380 g/mol. The molecule has 8 heteroatoms. The molecule has 1 aromatic heterocycles. The number of carbonyl (C=O) groups is 1. The van der Waals surface area contributed by atoms with Crippen LogP contribution in [0.15, 0.2) is 24.3 Å². The molecule has 1 aromatic carbocycles. The molecule has 1 N–H and O–H groups in total. The highest BCUT2D eigenvalue weighted by molar-refractivity contribution is 7.85. The van der Waals surface area contributed by atoms with Crippen LogP contribution in [0, 0.1) is 0 Å². The summed E-state index contributed by atoms with van der Waals surface area (Å²) in [4.78, 5) is 17.5. The summed E-state index contributed by atoms with van der Waals surface area (Å²) in [7, 11) is -3.60. The predicted octanol–water partition coefficient (Wildman–Crippen LogP) is 2.81. The van der Waals surface area contributed by atoms with E-state index in [-0.39, 0.29) is 6.61 Å². The Labute approximate surface area is 153 Å². The number of amides is 1. The van der Waals surface area contributed by atoms with Gasteiger partial charge in [0.25, 0.3) is 10.1 Å². The standard InChI is InChI=1S/C18H24N2O5S/c1-18(2,3)25-17(21)20-10-16-14(9-12(20)11-24-26(4,22)23)13-7-5-6-8-15(13)19-16/h5-8,12,19H,9-11H2,1-4H3/t12-/m1/s1. The average molecular weight is 380 g/mol. The van der Waals surface area contributed by atoms with E-state index in [2.05, 4.69) is 4.98 Å². The lowest BCUT2D eigenvalue weighted by atomic mass is 9.97. The minimum Gasteiger partial charge on any atom is -0.444 e. The maximum Gasteiger partial charge on any atom is 0.410 e. The molecule has 2 aromatic rings. The van der Waals surface area contributed by atoms with Gasteiger partial charge in [-0.3, -0.25) is 9.08 Å². The van der Waals surface area contributed by atoms with Gasteiger partial charge in [0.15, 0.2) is 0 Å². The summed E-state index contributed by atoms with van der Waals surface area (Å²) in [5.74, 6) is 0. The highest BCUT2D eigenvalue weighted by atomic mass is 32.2. The molecular formula is C18H24N2O5S. The van der Waals surface area contributed by atoms with Crippen LogP contribution < -0.4 is 0 Å². The van der Waals surface area contributed by atoms with Gasteiger partial charge in [0, 0.05) is 16.6 Å². The molecule has 3 rings (SSSR count). The lowest BCUT2D eigenvalue weighted by molar-refractivity contribution is 0.00628. The van der Waals surface area contributed by atoms with Gasteiger partial charge in [0.05, 0.1) is 25.4 Å². The van der Waals surface area contributed by atoms with Crippen molar-refractivity contribution in [2.24, 2.45) is 0 Å². The van der Waals surface area contributed by atoms with Gasteiger partial charge in [-0.25, -0.2) is 4.79 Å². The molecule has 1 atom stereocenters. The molecule has 0 saturated carbocycles. The fraction of sp³-hybridized carbons (Fsp3) is 0.500. The van der Waals surface area contributed by atoms with Crippen molar-refractivity contribution in [3.63, 3.8) is 0 Å². The van der Waals surface area contributed by atoms with Crippen molar-refractivity contribution in [1.29, 1.82) is 0 Å². The average Bonchev–Trinajstić information content (AvgIpc) is 2.87. The van der Waals surface area contributed by atoms with Gasteiger partial charge in [0.1, 0.15) is 5.60 Å². The topological polar surface area (TPSA) is 88.7 Å². The first-order valence-corrected chi connectivity index (χ1v) is 10.3. The molecule has 0 fully saturated rings. The summed E-state index contributed by atoms with van der Waals surface area (Å²) in [6, 6.07) is 7.47. The zero-order valence-corrected chi connectivity index (χ0v) is 16.2. The molecule has 7 nitrogen and oxygen atoms in total. The second-order valence-electron chi connectivity index (χ2n) is 7.58. The Bertz CT molecular complexity index is 927. The molecule has 1 aliphatic heterocycles. The van der Waals surface area contributed by atoms with Gasteiger partial charge in [-0.1, -0.05) is 18.2 Å². The van der Waals surface area contributed by atoms with Crippen LogP contribution >= 0.6 is 0 Å². The van der Waals surface area contributed by atoms with E-state index in [1.54, 1.807) is 20.8 Å². The minimum absolute atomic E-state index is 0.100. The molecule has 0 aliphatic carbocycles. The maximum absolute atomic E-state index is 12.7. The van der Waals surface area contributed by atoms with Crippen molar-refractivity contribution >= 4 is 27.1 Å². The molecule has 0 spiro atoms. The summed E-state index contributed by atoms with van der Waals surface area (Å²) >= 11 is 0. The molecule has 26 heavy (non-hydrogen) atoms. The number of ether oxygens (including phenoxy) is 1. The highest BCUT2D eigenvalue weighted by Gasteiger charge is 2.35. The predicted molar refractivity (Wildman–Crippen MR) is 98.4 cm³/mol. The molecule has 0 unspecified atom stereocenters. The highest BCUT2D eigenvalue weighted by Crippen LogP contribution is 2.31. The van der Waals surface area contributed by atoms with E-state index in [0.717, 1.165) is 28.4 Å². The van der Waals surface area contributed by atoms with Crippen LogP contribution in [0.3, 0.4) is 0 Å². The first-order chi connectivity index (χ1) is 12.0. The molecule has 142 valence electrons. The van der Waals surface area contributed by atoms with Crippen molar-refractivity contribution < 1.29 is 22.1 Å². The van der Waals surface area contributed by atoms with E-state index in [9.17, 15) is 13.2 Å². The summed E-state index contributed by atoms with van der Waals surface area (Å²) in [6.07, 6.45) is 1.02. The number of nitrogens with zero attached hydrogens (tertiary/aromatic N) is 1. The lowest BCUT2D eigenvalue weighted by Gasteiger charge is -2.36. The number of rotatable bonds is 3. The van der Waals surface area contributed by atoms with Crippen LogP contribution in [0.1, 0.15) is 32.0 Å². The first-order valence-electron chi connectivity index (χ1n) is 8.46. The number of para-hydroxylation sites is 1. The van der Waals surface area contributed by atoms with Gasteiger partial charge >= 0.3 is 6.09 Å². The van der Waals surface area contributed by atoms with Gasteiger partial charge < -0.3 is 9.72 Å². The quantitative estimate of drug-likeness (QED) is 0.827. The van der Waals surface area contributed by atoms with Crippen molar-refractivity contribution in [1.82, 2.24) is 9.88 Å². The number of benzene rings is 1. The Balaban J connectivity index is 1.93. The summed E-state index contributed by atoms with van der Waals surface area (Å²) < 4.78 is 33.3. The zero-order chi connectivity index (χ0) is 19.1. The lowest BCUT2D eigenvalue weighted by Crippen LogP contribution is -2.48. The second kappa shape index (κ2) is 6.59. The molecule has 1 amide bonds. The van der Waals surface area contributed by atoms with Crippen molar-refractivity contribution in [3.05, 3.63) is 35.5 Å². The number of aromatic nitrogens is 1. The Hall–Kier alpha value is -2.06. The Kier molecular flexibility index (Phi) is 4.74. The number of fused-ring (bicyclic) bond motifs is 3. The van der Waals surface area contributed by atoms with E-state index in [1.807, 2.05) is 24.3 Å². The molecule has 1 aliphatic rings. The van der Waals surface area contributed by atoms with Gasteiger partial charge in [-0.05, 0) is 38.8 Å². The van der Waals surface area contributed by atoms with Crippen LogP contribution in [-0.2, 0) is 32.0 Å². The fourth-order valence-corrected chi connectivity index (χ4v) is 3.56. The number of nitrogens with one attached hydrogen (secondary N) is 1. The van der Waals surface area contributed by atoms with Crippen molar-refractivity contribution in [2.75, 3.05) is 12.9 Å². The molecule has 0 radical (unpaired) electrons. The van der Waals surface area contributed by atoms with Crippen LogP contribution in [0.5, 0.6) is 0 Å². The molecule has 2 heterocycles. The number of aromatic amines is 1. The molecule has 0 saturated heterocycles. The number of hydrogen-bond donors (Lipinski definition) is 1. The summed E-state index contributed by atoms with van der Waals surface area (Å²) in [5.41, 5.74) is 2.38. The largest absolute Gasteiger partial charge is 0.444 e. The second-order valence-corrected chi connectivity index (χ2v) is 9.23. The Morgan fingerprint density at radius 2 is 2.00 bits per heavy atom. The smallest absolute Gasteiger partial charge is 0.410 e. The summed E-state index contributed by atoms with van der Waals surface area (Å²) in [5, 5.41) is 1.08. The third kappa shape index (κ3) is 4.19. The van der Waals surface area contributed by atoms with Gasteiger partial charge in [-0.2, -0.15) is 8.42 Å². The zero-order valence-electron chi connectivity index (χ0n) is 15.4. The van der Waals surface area contributed by atoms with Crippen molar-refractivity contribution in [2.45, 2.75) is 45.4 Å². The van der Waals surface area contributed by atoms with Crippen LogP contribution in [-0.4, -0.2) is 48.9 Å². The minimum atomic E-state index is -3.60. The van der Waals surface area contributed by atoms with Gasteiger partial charge in [-0.15, -0.1) is 0 Å². The number of H-pyrrole nitrogens is 1. The Morgan fingerprint density at radius 1 is 1.31 bits per heavy atom. The van der Waals surface area contributed by atoms with Crippen LogP contribution in [0.25, 0.3) is 10.9 Å². The SMILES string of the molecule is CC(C)(C)OC(=O)N1Cc2[nH]c3ccccc3c2C[C@@H]1COS(C)(=O)=O. The Morgan fingerprint density at radius 3 is 2.65 bits per heavy atom. The fourth-order valence-electron chi connectivity index (χ4n) is 3.15. The van der Waals surface area contributed by atoms with E-state index in [1.165, 1.54) is 4.90 Å². The molecular weight excluding hydrogens is 356 g/mol. The van der Waals surface area contributed by atoms with E-state index >= 15 is 0 Å². The number of hydrogen-bond acceptors (Lipinski definition) is 5. The summed E-state index contributed by atoms with van der Waals surface area (Å²) in [6.45, 7) is 5.61. The third-order valence-electron chi connectivity index (χ3n) is 4.21. The van der Waals surface area contributed by atoms with E-state index in [0.29, 0.717) is 13.0 Å². The number of carbonyl (C=O) groups excluding carboxylic acids is 1.